The average molecular weight is 278 g/mol. The molecule has 1 fully saturated rings. The van der Waals surface area contributed by atoms with E-state index in [0.717, 1.165) is 0 Å². The summed E-state index contributed by atoms with van der Waals surface area (Å²) in [5, 5.41) is 0. The largest absolute Gasteiger partial charge is 0.329 e. The van der Waals surface area contributed by atoms with Gasteiger partial charge in [0.15, 0.2) is 0 Å². The molecule has 0 radical (unpaired) electrons. The van der Waals surface area contributed by atoms with E-state index in [2.05, 4.69) is 0 Å². The highest BCUT2D eigenvalue weighted by atomic mass is 19.1. The predicted octanol–water partition coefficient (Wildman–Crippen LogP) is 2.05. The SMILES string of the molecule is CC(C)C(=O)N1CCN(c2cccc(F)c2)C(=O)C1C. The minimum absolute atomic E-state index is 0.0234. The second-order valence-electron chi connectivity index (χ2n) is 5.33. The van der Waals surface area contributed by atoms with E-state index in [0.29, 0.717) is 18.8 Å². The van der Waals surface area contributed by atoms with Crippen LogP contribution in [0.5, 0.6) is 0 Å². The Balaban J connectivity index is 2.19. The second-order valence-corrected chi connectivity index (χ2v) is 5.33. The van der Waals surface area contributed by atoms with Gasteiger partial charge in [0.05, 0.1) is 0 Å². The molecule has 1 unspecified atom stereocenters. The van der Waals surface area contributed by atoms with Crippen LogP contribution >= 0.6 is 0 Å². The standard InChI is InChI=1S/C15H19FN2O2/c1-10(2)14(19)17-7-8-18(15(20)11(17)3)13-6-4-5-12(16)9-13/h4-6,9-11H,7-8H2,1-3H3. The fourth-order valence-corrected chi connectivity index (χ4v) is 2.40. The van der Waals surface area contributed by atoms with Crippen LogP contribution in [0, 0.1) is 11.7 Å². The molecule has 1 heterocycles. The molecule has 5 heteroatoms. The monoisotopic (exact) mass is 278 g/mol. The third-order valence-corrected chi connectivity index (χ3v) is 3.55. The van der Waals surface area contributed by atoms with E-state index in [9.17, 15) is 14.0 Å². The van der Waals surface area contributed by atoms with Crippen molar-refractivity contribution in [2.75, 3.05) is 18.0 Å². The molecule has 0 aliphatic carbocycles. The summed E-state index contributed by atoms with van der Waals surface area (Å²) in [4.78, 5) is 27.6. The first-order valence-corrected chi connectivity index (χ1v) is 6.79. The van der Waals surface area contributed by atoms with Gasteiger partial charge in [-0.15, -0.1) is 0 Å². The molecule has 4 nitrogen and oxygen atoms in total. The Bertz CT molecular complexity index is 530. The summed E-state index contributed by atoms with van der Waals surface area (Å²) >= 11 is 0. The van der Waals surface area contributed by atoms with Crippen LogP contribution in [0.1, 0.15) is 20.8 Å². The maximum atomic E-state index is 13.3. The molecule has 1 aromatic rings. The summed E-state index contributed by atoms with van der Waals surface area (Å²) in [5.41, 5.74) is 0.540. The van der Waals surface area contributed by atoms with Crippen molar-refractivity contribution in [1.82, 2.24) is 4.90 Å². The zero-order chi connectivity index (χ0) is 14.9. The maximum Gasteiger partial charge on any atom is 0.249 e. The third-order valence-electron chi connectivity index (χ3n) is 3.55. The lowest BCUT2D eigenvalue weighted by atomic mass is 10.1. The first kappa shape index (κ1) is 14.5. The number of halogens is 1. The first-order valence-electron chi connectivity index (χ1n) is 6.79. The highest BCUT2D eigenvalue weighted by Gasteiger charge is 2.35. The zero-order valence-corrected chi connectivity index (χ0v) is 12.0. The molecule has 1 aliphatic rings. The quantitative estimate of drug-likeness (QED) is 0.830. The van der Waals surface area contributed by atoms with Crippen LogP contribution in [-0.2, 0) is 9.59 Å². The van der Waals surface area contributed by atoms with E-state index in [-0.39, 0.29) is 23.5 Å². The summed E-state index contributed by atoms with van der Waals surface area (Å²) in [7, 11) is 0. The Morgan fingerprint density at radius 2 is 2.05 bits per heavy atom. The van der Waals surface area contributed by atoms with Crippen molar-refractivity contribution in [1.29, 1.82) is 0 Å². The predicted molar refractivity (Wildman–Crippen MR) is 74.8 cm³/mol. The number of hydrogen-bond acceptors (Lipinski definition) is 2. The average Bonchev–Trinajstić information content (AvgIpc) is 2.41. The molecule has 1 aliphatic heterocycles. The van der Waals surface area contributed by atoms with Gasteiger partial charge in [-0.1, -0.05) is 19.9 Å². The smallest absolute Gasteiger partial charge is 0.249 e. The minimum atomic E-state index is -0.512. The summed E-state index contributed by atoms with van der Waals surface area (Å²) in [6, 6.07) is 5.45. The maximum absolute atomic E-state index is 13.3. The van der Waals surface area contributed by atoms with Crippen LogP contribution in [-0.4, -0.2) is 35.8 Å². The molecule has 0 spiro atoms. The number of anilines is 1. The van der Waals surface area contributed by atoms with Gasteiger partial charge in [0.2, 0.25) is 11.8 Å². The highest BCUT2D eigenvalue weighted by Crippen LogP contribution is 2.22. The van der Waals surface area contributed by atoms with E-state index >= 15 is 0 Å². The Kier molecular flexibility index (Phi) is 4.06. The number of amides is 2. The molecular weight excluding hydrogens is 259 g/mol. The number of benzene rings is 1. The molecule has 0 saturated carbocycles. The van der Waals surface area contributed by atoms with E-state index in [1.54, 1.807) is 24.0 Å². The van der Waals surface area contributed by atoms with Crippen LogP contribution < -0.4 is 4.90 Å². The van der Waals surface area contributed by atoms with Crippen molar-refractivity contribution in [3.63, 3.8) is 0 Å². The van der Waals surface area contributed by atoms with E-state index in [4.69, 9.17) is 0 Å². The van der Waals surface area contributed by atoms with E-state index in [1.807, 2.05) is 13.8 Å². The summed E-state index contributed by atoms with van der Waals surface area (Å²) in [6.07, 6.45) is 0. The van der Waals surface area contributed by atoms with Crippen molar-refractivity contribution in [2.45, 2.75) is 26.8 Å². The van der Waals surface area contributed by atoms with Gasteiger partial charge in [0.1, 0.15) is 11.9 Å². The first-order chi connectivity index (χ1) is 9.41. The van der Waals surface area contributed by atoms with Crippen LogP contribution in [0.25, 0.3) is 0 Å². The lowest BCUT2D eigenvalue weighted by Crippen LogP contribution is -2.58. The van der Waals surface area contributed by atoms with Gasteiger partial charge in [0, 0.05) is 24.7 Å². The van der Waals surface area contributed by atoms with E-state index in [1.165, 1.54) is 17.0 Å². The van der Waals surface area contributed by atoms with Crippen LogP contribution in [0.15, 0.2) is 24.3 Å². The summed E-state index contributed by atoms with van der Waals surface area (Å²) < 4.78 is 13.3. The van der Waals surface area contributed by atoms with Crippen molar-refractivity contribution in [3.05, 3.63) is 30.1 Å². The third kappa shape index (κ3) is 2.66. The Morgan fingerprint density at radius 3 is 2.65 bits per heavy atom. The summed E-state index contributed by atoms with van der Waals surface area (Å²) in [5.74, 6) is -0.699. The van der Waals surface area contributed by atoms with Gasteiger partial charge in [-0.05, 0) is 25.1 Å². The number of nitrogens with zero attached hydrogens (tertiary/aromatic N) is 2. The lowest BCUT2D eigenvalue weighted by Gasteiger charge is -2.39. The van der Waals surface area contributed by atoms with Crippen molar-refractivity contribution >= 4 is 17.5 Å². The van der Waals surface area contributed by atoms with Gasteiger partial charge in [-0.25, -0.2) is 4.39 Å². The Morgan fingerprint density at radius 1 is 1.35 bits per heavy atom. The molecule has 0 N–H and O–H groups in total. The number of carbonyl (C=O) groups is 2. The molecule has 20 heavy (non-hydrogen) atoms. The Labute approximate surface area is 118 Å². The van der Waals surface area contributed by atoms with Gasteiger partial charge in [-0.3, -0.25) is 9.59 Å². The molecule has 1 aromatic carbocycles. The van der Waals surface area contributed by atoms with Crippen LogP contribution in [0.2, 0.25) is 0 Å². The molecule has 0 bridgehead atoms. The number of carbonyl (C=O) groups excluding carboxylic acids is 2. The number of rotatable bonds is 2. The number of piperazine rings is 1. The van der Waals surface area contributed by atoms with Crippen LogP contribution in [0.4, 0.5) is 10.1 Å². The van der Waals surface area contributed by atoms with Gasteiger partial charge in [-0.2, -0.15) is 0 Å². The fourth-order valence-electron chi connectivity index (χ4n) is 2.40. The molecule has 1 atom stereocenters. The normalized spacial score (nSPS) is 19.6. The number of hydrogen-bond donors (Lipinski definition) is 0. The topological polar surface area (TPSA) is 40.6 Å². The van der Waals surface area contributed by atoms with Crippen LogP contribution in [0.3, 0.4) is 0 Å². The molecule has 1 saturated heterocycles. The van der Waals surface area contributed by atoms with Crippen molar-refractivity contribution < 1.29 is 14.0 Å². The Hall–Kier alpha value is -1.91. The van der Waals surface area contributed by atoms with Gasteiger partial charge in [0.25, 0.3) is 0 Å². The molecular formula is C15H19FN2O2. The molecule has 2 rings (SSSR count). The molecule has 2 amide bonds. The zero-order valence-electron chi connectivity index (χ0n) is 12.0. The second kappa shape index (κ2) is 5.61. The fraction of sp³-hybridized carbons (Fsp3) is 0.467. The van der Waals surface area contributed by atoms with Gasteiger partial charge >= 0.3 is 0 Å². The van der Waals surface area contributed by atoms with Crippen molar-refractivity contribution in [2.24, 2.45) is 5.92 Å². The molecule has 108 valence electrons. The van der Waals surface area contributed by atoms with Crippen molar-refractivity contribution in [3.8, 4) is 0 Å². The molecule has 0 aromatic heterocycles. The van der Waals surface area contributed by atoms with Gasteiger partial charge < -0.3 is 9.80 Å². The van der Waals surface area contributed by atoms with E-state index < -0.39 is 6.04 Å². The highest BCUT2D eigenvalue weighted by molar-refractivity contribution is 6.00. The summed E-state index contributed by atoms with van der Waals surface area (Å²) in [6.45, 7) is 6.22. The lowest BCUT2D eigenvalue weighted by molar-refractivity contribution is -0.143. The minimum Gasteiger partial charge on any atom is -0.329 e.